The van der Waals surface area contributed by atoms with Crippen molar-refractivity contribution >= 4 is 28.4 Å². The van der Waals surface area contributed by atoms with Crippen LogP contribution in [0.5, 0.6) is 0 Å². The summed E-state index contributed by atoms with van der Waals surface area (Å²) >= 11 is 0. The van der Waals surface area contributed by atoms with Gasteiger partial charge in [-0.2, -0.15) is 0 Å². The molecular formula is C72H53N5. The van der Waals surface area contributed by atoms with Crippen LogP contribution in [0.3, 0.4) is 0 Å². The van der Waals surface area contributed by atoms with Gasteiger partial charge in [-0.1, -0.05) is 219 Å². The maximum absolute atomic E-state index is 5.72. The van der Waals surface area contributed by atoms with E-state index in [1.165, 1.54) is 5.56 Å². The first-order valence-corrected chi connectivity index (χ1v) is 26.3. The first-order chi connectivity index (χ1) is 38.1. The first-order valence-electron chi connectivity index (χ1n) is 26.3. The first kappa shape index (κ1) is 46.8. The number of fused-ring (bicyclic) bond motifs is 4. The van der Waals surface area contributed by atoms with Gasteiger partial charge in [0.05, 0.1) is 11.8 Å². The van der Waals surface area contributed by atoms with E-state index in [2.05, 4.69) is 289 Å². The average molecular weight is 988 g/mol. The summed E-state index contributed by atoms with van der Waals surface area (Å²) in [5.74, 6) is 1.24. The summed E-state index contributed by atoms with van der Waals surface area (Å²) in [5, 5.41) is 0. The van der Waals surface area contributed by atoms with Crippen LogP contribution in [0.2, 0.25) is 0 Å². The molecule has 2 unspecified atom stereocenters. The van der Waals surface area contributed by atoms with Crippen LogP contribution in [-0.2, 0) is 6.42 Å². The van der Waals surface area contributed by atoms with Crippen LogP contribution in [0.1, 0.15) is 45.7 Å². The van der Waals surface area contributed by atoms with Gasteiger partial charge in [-0.3, -0.25) is 0 Å². The van der Waals surface area contributed by atoms with Crippen molar-refractivity contribution in [2.24, 2.45) is 0 Å². The fourth-order valence-corrected chi connectivity index (χ4v) is 11.2. The molecule has 2 aliphatic carbocycles. The molecule has 0 spiro atoms. The van der Waals surface area contributed by atoms with Crippen LogP contribution in [0, 0.1) is 0 Å². The lowest BCUT2D eigenvalue weighted by atomic mass is 9.85. The van der Waals surface area contributed by atoms with Crippen molar-refractivity contribution < 1.29 is 0 Å². The SMILES string of the molecule is C=C1/C=C\C(N(c2ccccc2)c2ccccc2)=C/Cc2cc(-c3ccccc3)ccc2C1c1nc(-c2ccccc2)nc(C2c3ccc(-c4ccccc4)cc3-c3cc(N(c4ccccc4)c4ccccc4)ccc32)n1. The highest BCUT2D eigenvalue weighted by Crippen LogP contribution is 2.51. The van der Waals surface area contributed by atoms with Gasteiger partial charge < -0.3 is 9.80 Å². The third kappa shape index (κ3) is 9.25. The average Bonchev–Trinajstić information content (AvgIpc) is 4.00. The van der Waals surface area contributed by atoms with Crippen LogP contribution < -0.4 is 9.80 Å². The van der Waals surface area contributed by atoms with E-state index in [4.69, 9.17) is 21.5 Å². The molecule has 11 aromatic rings. The summed E-state index contributed by atoms with van der Waals surface area (Å²) in [7, 11) is 0. The molecule has 10 aromatic carbocycles. The van der Waals surface area contributed by atoms with Gasteiger partial charge in [0.25, 0.3) is 0 Å². The molecule has 13 rings (SSSR count). The summed E-state index contributed by atoms with van der Waals surface area (Å²) in [6, 6.07) is 94.6. The van der Waals surface area contributed by atoms with Crippen LogP contribution in [0.4, 0.5) is 28.4 Å². The Labute approximate surface area is 450 Å². The van der Waals surface area contributed by atoms with Crippen molar-refractivity contribution in [2.45, 2.75) is 18.3 Å². The highest BCUT2D eigenvalue weighted by Gasteiger charge is 2.35. The minimum Gasteiger partial charge on any atom is -0.311 e. The van der Waals surface area contributed by atoms with Crippen molar-refractivity contribution in [3.05, 3.63) is 337 Å². The number of aromatic nitrogens is 3. The zero-order valence-corrected chi connectivity index (χ0v) is 42.4. The molecule has 2 atom stereocenters. The summed E-state index contributed by atoms with van der Waals surface area (Å²) in [6.45, 7) is 4.91. The zero-order chi connectivity index (χ0) is 51.5. The van der Waals surface area contributed by atoms with E-state index < -0.39 is 5.92 Å². The predicted molar refractivity (Wildman–Crippen MR) is 317 cm³/mol. The van der Waals surface area contributed by atoms with Crippen molar-refractivity contribution in [3.8, 4) is 44.8 Å². The topological polar surface area (TPSA) is 45.2 Å². The highest BCUT2D eigenvalue weighted by molar-refractivity contribution is 5.88. The third-order valence-corrected chi connectivity index (χ3v) is 14.8. The molecule has 0 amide bonds. The van der Waals surface area contributed by atoms with E-state index in [1.54, 1.807) is 0 Å². The molecule has 0 radical (unpaired) electrons. The van der Waals surface area contributed by atoms with E-state index in [0.29, 0.717) is 23.9 Å². The molecule has 0 fully saturated rings. The van der Waals surface area contributed by atoms with Gasteiger partial charge in [0.1, 0.15) is 11.6 Å². The van der Waals surface area contributed by atoms with Gasteiger partial charge in [0.2, 0.25) is 0 Å². The van der Waals surface area contributed by atoms with Crippen LogP contribution in [-0.4, -0.2) is 15.0 Å². The number of nitrogens with zero attached hydrogens (tertiary/aromatic N) is 5. The predicted octanol–water partition coefficient (Wildman–Crippen LogP) is 18.0. The van der Waals surface area contributed by atoms with E-state index in [0.717, 1.165) is 95.3 Å². The minimum atomic E-state index is -0.418. The number of rotatable bonds is 11. The van der Waals surface area contributed by atoms with Crippen LogP contribution >= 0.6 is 0 Å². The van der Waals surface area contributed by atoms with E-state index in [1.807, 2.05) is 6.07 Å². The van der Waals surface area contributed by atoms with E-state index >= 15 is 0 Å². The van der Waals surface area contributed by atoms with Crippen molar-refractivity contribution in [3.63, 3.8) is 0 Å². The summed E-state index contributed by atoms with van der Waals surface area (Å²) in [5.41, 5.74) is 19.7. The van der Waals surface area contributed by atoms with Gasteiger partial charge in [0, 0.05) is 39.7 Å². The second-order valence-electron chi connectivity index (χ2n) is 19.6. The number of anilines is 5. The number of hydrogen-bond donors (Lipinski definition) is 0. The Morgan fingerprint density at radius 2 is 0.766 bits per heavy atom. The van der Waals surface area contributed by atoms with Gasteiger partial charge >= 0.3 is 0 Å². The molecular weight excluding hydrogens is 935 g/mol. The molecule has 366 valence electrons. The molecule has 0 saturated carbocycles. The van der Waals surface area contributed by atoms with Crippen LogP contribution in [0.15, 0.2) is 303 Å². The second kappa shape index (κ2) is 20.7. The maximum atomic E-state index is 5.72. The minimum absolute atomic E-state index is 0.302. The normalized spacial score (nSPS) is 15.6. The lowest BCUT2D eigenvalue weighted by Crippen LogP contribution is -2.16. The van der Waals surface area contributed by atoms with Crippen molar-refractivity contribution in [2.75, 3.05) is 9.80 Å². The van der Waals surface area contributed by atoms with Gasteiger partial charge in [-0.15, -0.1) is 0 Å². The summed E-state index contributed by atoms with van der Waals surface area (Å²) in [4.78, 5) is 21.4. The standard InChI is InChI=1S/C72H53N5/c1-50-37-41-61(76(57-29-15-5-16-30-57)58-31-17-6-18-32-58)42-38-56-47-54(51-23-9-2-10-24-51)39-44-63(56)68(50)71-73-70(53-27-13-4-14-28-53)74-72(75-71)69-64-45-40-55(52-25-11-3-12-26-52)48-66(64)67-49-62(43-46-65(67)69)77(59-33-19-7-20-34-59)60-35-21-8-22-36-60/h2-37,39-49,68-69H,1,38H2/b41-37-,61-42+. The van der Waals surface area contributed by atoms with E-state index in [-0.39, 0.29) is 5.92 Å². The summed E-state index contributed by atoms with van der Waals surface area (Å²) in [6.07, 6.45) is 7.37. The van der Waals surface area contributed by atoms with Gasteiger partial charge in [0.15, 0.2) is 5.82 Å². The second-order valence-corrected chi connectivity index (χ2v) is 19.6. The Balaban J connectivity index is 1.01. The van der Waals surface area contributed by atoms with Crippen molar-refractivity contribution in [1.82, 2.24) is 15.0 Å². The number of hydrogen-bond acceptors (Lipinski definition) is 5. The Kier molecular flexibility index (Phi) is 12.6. The quantitative estimate of drug-likeness (QED) is 0.129. The highest BCUT2D eigenvalue weighted by atomic mass is 15.2. The lowest BCUT2D eigenvalue weighted by molar-refractivity contribution is 0.768. The Bertz CT molecular complexity index is 3880. The third-order valence-electron chi connectivity index (χ3n) is 14.8. The zero-order valence-electron chi connectivity index (χ0n) is 42.4. The molecule has 0 saturated heterocycles. The maximum Gasteiger partial charge on any atom is 0.163 e. The lowest BCUT2D eigenvalue weighted by Gasteiger charge is -2.26. The fraction of sp³-hybridized carbons (Fsp3) is 0.0417. The number of benzene rings is 10. The Morgan fingerprint density at radius 3 is 1.30 bits per heavy atom. The molecule has 1 heterocycles. The molecule has 0 bridgehead atoms. The number of para-hydroxylation sites is 4. The smallest absolute Gasteiger partial charge is 0.163 e. The van der Waals surface area contributed by atoms with E-state index in [9.17, 15) is 0 Å². The number of allylic oxidation sites excluding steroid dienone is 4. The Morgan fingerprint density at radius 1 is 0.338 bits per heavy atom. The molecule has 2 aliphatic rings. The van der Waals surface area contributed by atoms with Crippen molar-refractivity contribution in [1.29, 1.82) is 0 Å². The molecule has 5 heteroatoms. The van der Waals surface area contributed by atoms with Gasteiger partial charge in [-0.25, -0.2) is 15.0 Å². The molecule has 1 aromatic heterocycles. The monoisotopic (exact) mass is 987 g/mol. The largest absolute Gasteiger partial charge is 0.311 e. The Hall–Kier alpha value is -9.97. The van der Waals surface area contributed by atoms with Crippen LogP contribution in [0.25, 0.3) is 44.8 Å². The molecule has 0 aliphatic heterocycles. The summed E-state index contributed by atoms with van der Waals surface area (Å²) < 4.78 is 0. The van der Waals surface area contributed by atoms with Gasteiger partial charge in [-0.05, 0) is 140 Å². The molecule has 5 nitrogen and oxygen atoms in total. The molecule has 0 N–H and O–H groups in total. The molecule has 77 heavy (non-hydrogen) atoms. The fourth-order valence-electron chi connectivity index (χ4n) is 11.2.